The van der Waals surface area contributed by atoms with E-state index in [9.17, 15) is 21.6 Å². The van der Waals surface area contributed by atoms with E-state index in [1.54, 1.807) is 0 Å². The number of hydrogen-bond donors (Lipinski definition) is 1. The molecule has 0 amide bonds. The minimum Gasteiger partial charge on any atom is -0.406 e. The normalized spacial score (nSPS) is 24.7. The average Bonchev–Trinajstić information content (AvgIpc) is 3.23. The number of fused-ring (bicyclic) bond motifs is 1. The Morgan fingerprint density at radius 3 is 2.37 bits per heavy atom. The van der Waals surface area contributed by atoms with Crippen molar-refractivity contribution < 1.29 is 26.3 Å². The van der Waals surface area contributed by atoms with Gasteiger partial charge in [-0.05, 0) is 54.5 Å². The van der Waals surface area contributed by atoms with E-state index in [2.05, 4.69) is 26.5 Å². The van der Waals surface area contributed by atoms with E-state index in [1.165, 1.54) is 5.56 Å². The largest absolute Gasteiger partial charge is 0.573 e. The molecule has 3 atom stereocenters. The molecule has 5 nitrogen and oxygen atoms in total. The van der Waals surface area contributed by atoms with Gasteiger partial charge in [-0.1, -0.05) is 30.3 Å². The Kier molecular flexibility index (Phi) is 5.78. The van der Waals surface area contributed by atoms with Gasteiger partial charge >= 0.3 is 6.36 Å². The maximum atomic E-state index is 12.8. The third-order valence-electron chi connectivity index (χ3n) is 5.86. The molecular formula is C21H23F3N2O3S. The van der Waals surface area contributed by atoms with Crippen LogP contribution in [0.1, 0.15) is 18.4 Å². The van der Waals surface area contributed by atoms with Gasteiger partial charge in [0.15, 0.2) is 0 Å². The fraction of sp³-hybridized carbons (Fsp3) is 0.429. The van der Waals surface area contributed by atoms with Gasteiger partial charge in [-0.15, -0.1) is 13.2 Å². The second-order valence-corrected chi connectivity index (χ2v) is 9.64. The van der Waals surface area contributed by atoms with Crippen LogP contribution in [0.4, 0.5) is 13.2 Å². The number of benzene rings is 2. The lowest BCUT2D eigenvalue weighted by Crippen LogP contribution is -2.39. The van der Waals surface area contributed by atoms with E-state index in [-0.39, 0.29) is 16.9 Å². The molecule has 2 aromatic rings. The number of sulfonamides is 1. The lowest BCUT2D eigenvalue weighted by atomic mass is 9.98. The number of nitrogens with one attached hydrogen (secondary N) is 1. The molecule has 0 aromatic heterocycles. The summed E-state index contributed by atoms with van der Waals surface area (Å²) in [6, 6.07) is 14.3. The van der Waals surface area contributed by atoms with Crippen molar-refractivity contribution in [2.75, 3.05) is 13.1 Å². The van der Waals surface area contributed by atoms with E-state index >= 15 is 0 Å². The molecule has 1 saturated carbocycles. The van der Waals surface area contributed by atoms with Crippen LogP contribution in [0.3, 0.4) is 0 Å². The third kappa shape index (κ3) is 4.96. The second-order valence-electron chi connectivity index (χ2n) is 7.93. The van der Waals surface area contributed by atoms with Gasteiger partial charge in [0.1, 0.15) is 5.75 Å². The fourth-order valence-corrected chi connectivity index (χ4v) is 5.88. The highest BCUT2D eigenvalue weighted by molar-refractivity contribution is 7.89. The molecule has 2 aliphatic rings. The smallest absolute Gasteiger partial charge is 0.406 e. The summed E-state index contributed by atoms with van der Waals surface area (Å²) in [5.41, 5.74) is 1.23. The van der Waals surface area contributed by atoms with Crippen molar-refractivity contribution in [2.45, 2.75) is 36.7 Å². The molecule has 0 radical (unpaired) electrons. The predicted octanol–water partition coefficient (Wildman–Crippen LogP) is 3.77. The summed E-state index contributed by atoms with van der Waals surface area (Å²) >= 11 is 0. The van der Waals surface area contributed by atoms with Gasteiger partial charge in [-0.2, -0.15) is 0 Å². The number of alkyl halides is 3. The van der Waals surface area contributed by atoms with Gasteiger partial charge in [-0.25, -0.2) is 13.1 Å². The first-order valence-electron chi connectivity index (χ1n) is 9.84. The van der Waals surface area contributed by atoms with Crippen molar-refractivity contribution in [1.29, 1.82) is 0 Å². The highest BCUT2D eigenvalue weighted by Crippen LogP contribution is 2.39. The molecular weight excluding hydrogens is 417 g/mol. The van der Waals surface area contributed by atoms with Gasteiger partial charge in [0.25, 0.3) is 0 Å². The van der Waals surface area contributed by atoms with Crippen molar-refractivity contribution in [1.82, 2.24) is 9.62 Å². The van der Waals surface area contributed by atoms with Gasteiger partial charge in [-0.3, -0.25) is 4.90 Å². The number of hydrogen-bond acceptors (Lipinski definition) is 4. The topological polar surface area (TPSA) is 58.6 Å². The number of halogens is 3. The molecule has 4 rings (SSSR count). The molecule has 0 bridgehead atoms. The van der Waals surface area contributed by atoms with Crippen molar-refractivity contribution in [3.8, 4) is 5.75 Å². The van der Waals surface area contributed by atoms with Crippen LogP contribution in [-0.2, 0) is 16.6 Å². The van der Waals surface area contributed by atoms with Crippen LogP contribution < -0.4 is 9.46 Å². The standard InChI is InChI=1S/C21H23F3N2O3S/c22-21(23,24)29-17-7-9-18(10-8-17)30(27,28)25-20-11-6-16-13-26(14-19(16)20)12-15-4-2-1-3-5-15/h1-5,7-10,16,19-20,25H,6,11-14H2/t16-,19-,20+/m1/s1. The Balaban J connectivity index is 1.39. The predicted molar refractivity (Wildman–Crippen MR) is 105 cm³/mol. The maximum absolute atomic E-state index is 12.8. The van der Waals surface area contributed by atoms with Gasteiger partial charge in [0.2, 0.25) is 10.0 Å². The van der Waals surface area contributed by atoms with Crippen LogP contribution in [0.5, 0.6) is 5.75 Å². The molecule has 9 heteroatoms. The average molecular weight is 440 g/mol. The molecule has 0 spiro atoms. The summed E-state index contributed by atoms with van der Waals surface area (Å²) in [4.78, 5) is 2.29. The molecule has 162 valence electrons. The third-order valence-corrected chi connectivity index (χ3v) is 7.36. The first kappa shape index (κ1) is 21.1. The Hall–Kier alpha value is -2.10. The molecule has 0 unspecified atom stereocenters. The lowest BCUT2D eigenvalue weighted by molar-refractivity contribution is -0.274. The lowest BCUT2D eigenvalue weighted by Gasteiger charge is -2.22. The van der Waals surface area contributed by atoms with Gasteiger partial charge in [0, 0.05) is 25.7 Å². The Bertz CT molecular complexity index is 965. The van der Waals surface area contributed by atoms with E-state index in [1.807, 2.05) is 18.2 Å². The zero-order valence-electron chi connectivity index (χ0n) is 16.2. The molecule has 2 aromatic carbocycles. The number of rotatable bonds is 6. The maximum Gasteiger partial charge on any atom is 0.573 e. The summed E-state index contributed by atoms with van der Waals surface area (Å²) in [5.74, 6) is 0.232. The number of nitrogens with zero attached hydrogens (tertiary/aromatic N) is 1. The molecule has 1 heterocycles. The summed E-state index contributed by atoms with van der Waals surface area (Å²) in [6.07, 6.45) is -3.09. The van der Waals surface area contributed by atoms with Crippen LogP contribution in [0, 0.1) is 11.8 Å². The molecule has 2 fully saturated rings. The van der Waals surface area contributed by atoms with Crippen molar-refractivity contribution in [3.63, 3.8) is 0 Å². The summed E-state index contributed by atoms with van der Waals surface area (Å²) in [7, 11) is -3.82. The number of ether oxygens (including phenoxy) is 1. The van der Waals surface area contributed by atoms with Crippen molar-refractivity contribution in [2.24, 2.45) is 11.8 Å². The molecule has 1 saturated heterocycles. The quantitative estimate of drug-likeness (QED) is 0.743. The van der Waals surface area contributed by atoms with Crippen molar-refractivity contribution >= 4 is 10.0 Å². The summed E-state index contributed by atoms with van der Waals surface area (Å²) < 4.78 is 68.9. The molecule has 1 N–H and O–H groups in total. The molecule has 1 aliphatic carbocycles. The zero-order chi connectivity index (χ0) is 21.4. The van der Waals surface area contributed by atoms with E-state index in [0.717, 1.165) is 56.7 Å². The Labute approximate surface area is 173 Å². The highest BCUT2D eigenvalue weighted by atomic mass is 32.2. The molecule has 1 aliphatic heterocycles. The second kappa shape index (κ2) is 8.20. The monoisotopic (exact) mass is 440 g/mol. The molecule has 30 heavy (non-hydrogen) atoms. The van der Waals surface area contributed by atoms with Crippen LogP contribution in [0.15, 0.2) is 59.5 Å². The number of likely N-dealkylation sites (tertiary alicyclic amines) is 1. The van der Waals surface area contributed by atoms with Crippen LogP contribution in [0.25, 0.3) is 0 Å². The zero-order valence-corrected chi connectivity index (χ0v) is 17.0. The van der Waals surface area contributed by atoms with Gasteiger partial charge in [0.05, 0.1) is 4.90 Å². The van der Waals surface area contributed by atoms with Crippen LogP contribution >= 0.6 is 0 Å². The minimum absolute atomic E-state index is 0.0698. The summed E-state index contributed by atoms with van der Waals surface area (Å²) in [5, 5.41) is 0. The van der Waals surface area contributed by atoms with Crippen LogP contribution in [0.2, 0.25) is 0 Å². The van der Waals surface area contributed by atoms with E-state index in [4.69, 9.17) is 0 Å². The Morgan fingerprint density at radius 1 is 1.00 bits per heavy atom. The van der Waals surface area contributed by atoms with Crippen LogP contribution in [-0.4, -0.2) is 38.8 Å². The SMILES string of the molecule is O=S(=O)(N[C@H]1CC[C@@H]2CN(Cc3ccccc3)C[C@H]21)c1ccc(OC(F)(F)F)cc1. The van der Waals surface area contributed by atoms with Crippen molar-refractivity contribution in [3.05, 3.63) is 60.2 Å². The first-order valence-corrected chi connectivity index (χ1v) is 11.3. The summed E-state index contributed by atoms with van der Waals surface area (Å²) in [6.45, 7) is 2.61. The minimum atomic E-state index is -4.81. The Morgan fingerprint density at radius 2 is 1.70 bits per heavy atom. The van der Waals surface area contributed by atoms with E-state index in [0.29, 0.717) is 5.92 Å². The van der Waals surface area contributed by atoms with E-state index < -0.39 is 22.1 Å². The fourth-order valence-electron chi connectivity index (χ4n) is 4.56. The highest BCUT2D eigenvalue weighted by Gasteiger charge is 2.44. The van der Waals surface area contributed by atoms with Gasteiger partial charge < -0.3 is 4.74 Å². The first-order chi connectivity index (χ1) is 14.2.